The van der Waals surface area contributed by atoms with Crippen molar-refractivity contribution in [1.82, 2.24) is 10.2 Å². The summed E-state index contributed by atoms with van der Waals surface area (Å²) >= 11 is 0. The van der Waals surface area contributed by atoms with Crippen molar-refractivity contribution in [3.8, 4) is 0 Å². The van der Waals surface area contributed by atoms with Crippen LogP contribution in [0, 0.1) is 0 Å². The normalized spacial score (nSPS) is 13.0. The van der Waals surface area contributed by atoms with Crippen molar-refractivity contribution >= 4 is 0 Å². The van der Waals surface area contributed by atoms with Crippen molar-refractivity contribution in [1.29, 1.82) is 0 Å². The van der Waals surface area contributed by atoms with Crippen LogP contribution in [-0.4, -0.2) is 24.5 Å². The molecule has 0 aromatic heterocycles. The minimum Gasteiger partial charge on any atom is -0.316 e. The summed E-state index contributed by atoms with van der Waals surface area (Å²) in [6.07, 6.45) is 1.21. The molecule has 1 aromatic rings. The molecule has 1 unspecified atom stereocenters. The highest BCUT2D eigenvalue weighted by Crippen LogP contribution is 2.11. The molecule has 0 aliphatic carbocycles. The molecular weight excluding hydrogens is 208 g/mol. The fourth-order valence-corrected chi connectivity index (χ4v) is 2.04. The topological polar surface area (TPSA) is 15.3 Å². The molecule has 0 aliphatic heterocycles. The predicted molar refractivity (Wildman–Crippen MR) is 75.0 cm³/mol. The molecule has 0 fully saturated rings. The molecule has 1 aromatic carbocycles. The maximum atomic E-state index is 3.17. The van der Waals surface area contributed by atoms with Gasteiger partial charge in [0.15, 0.2) is 0 Å². The van der Waals surface area contributed by atoms with Crippen molar-refractivity contribution < 1.29 is 0 Å². The van der Waals surface area contributed by atoms with Crippen LogP contribution in [0.4, 0.5) is 0 Å². The van der Waals surface area contributed by atoms with E-state index >= 15 is 0 Å². The third-order valence-electron chi connectivity index (χ3n) is 3.41. The highest BCUT2D eigenvalue weighted by Gasteiger charge is 2.09. The van der Waals surface area contributed by atoms with Gasteiger partial charge in [0, 0.05) is 19.1 Å². The van der Waals surface area contributed by atoms with Gasteiger partial charge in [-0.1, -0.05) is 38.1 Å². The molecule has 0 saturated carbocycles. The fraction of sp³-hybridized carbons (Fsp3) is 0.600. The molecule has 2 heteroatoms. The molecule has 1 atom stereocenters. The molecule has 0 aliphatic rings. The first kappa shape index (κ1) is 14.2. The average molecular weight is 234 g/mol. The van der Waals surface area contributed by atoms with E-state index in [0.29, 0.717) is 6.04 Å². The highest BCUT2D eigenvalue weighted by atomic mass is 15.1. The Hall–Kier alpha value is -0.860. The number of hydrogen-bond donors (Lipinski definition) is 1. The summed E-state index contributed by atoms with van der Waals surface area (Å²) in [5.41, 5.74) is 2.76. The zero-order valence-electron chi connectivity index (χ0n) is 11.7. The van der Waals surface area contributed by atoms with E-state index in [1.807, 2.05) is 7.05 Å². The second-order valence-electron chi connectivity index (χ2n) is 4.67. The van der Waals surface area contributed by atoms with Crippen molar-refractivity contribution in [2.24, 2.45) is 0 Å². The lowest BCUT2D eigenvalue weighted by Crippen LogP contribution is -2.31. The van der Waals surface area contributed by atoms with Crippen LogP contribution in [0.1, 0.15) is 38.3 Å². The molecule has 1 rings (SSSR count). The Kier molecular flexibility index (Phi) is 6.23. The Labute approximate surface area is 106 Å². The van der Waals surface area contributed by atoms with Crippen LogP contribution in [0.3, 0.4) is 0 Å². The van der Waals surface area contributed by atoms with Gasteiger partial charge in [-0.15, -0.1) is 0 Å². The molecule has 0 bridgehead atoms. The van der Waals surface area contributed by atoms with Gasteiger partial charge in [-0.25, -0.2) is 0 Å². The summed E-state index contributed by atoms with van der Waals surface area (Å²) in [4.78, 5) is 2.52. The standard InChI is InChI=1S/C15H26N2/c1-5-13(3)17(6-2)12-15-9-7-14(8-10-15)11-16-4/h7-10,13,16H,5-6,11-12H2,1-4H3. The molecule has 1 N–H and O–H groups in total. The molecule has 0 spiro atoms. The fourth-order valence-electron chi connectivity index (χ4n) is 2.04. The monoisotopic (exact) mass is 234 g/mol. The SMILES string of the molecule is CCC(C)N(CC)Cc1ccc(CNC)cc1. The lowest BCUT2D eigenvalue weighted by atomic mass is 10.1. The zero-order chi connectivity index (χ0) is 12.7. The van der Waals surface area contributed by atoms with Gasteiger partial charge in [0.25, 0.3) is 0 Å². The summed E-state index contributed by atoms with van der Waals surface area (Å²) < 4.78 is 0. The van der Waals surface area contributed by atoms with Crippen LogP contribution >= 0.6 is 0 Å². The van der Waals surface area contributed by atoms with E-state index < -0.39 is 0 Å². The number of nitrogens with zero attached hydrogens (tertiary/aromatic N) is 1. The Morgan fingerprint density at radius 2 is 1.71 bits per heavy atom. The van der Waals surface area contributed by atoms with E-state index in [1.54, 1.807) is 0 Å². The van der Waals surface area contributed by atoms with Gasteiger partial charge < -0.3 is 5.32 Å². The minimum absolute atomic E-state index is 0.664. The van der Waals surface area contributed by atoms with Crippen molar-refractivity contribution in [3.05, 3.63) is 35.4 Å². The zero-order valence-corrected chi connectivity index (χ0v) is 11.7. The summed E-state index contributed by atoms with van der Waals surface area (Å²) in [7, 11) is 1.98. The van der Waals surface area contributed by atoms with E-state index in [2.05, 4.69) is 55.3 Å². The molecule has 17 heavy (non-hydrogen) atoms. The predicted octanol–water partition coefficient (Wildman–Crippen LogP) is 3.03. The van der Waals surface area contributed by atoms with E-state index in [1.165, 1.54) is 17.5 Å². The van der Waals surface area contributed by atoms with Crippen molar-refractivity contribution in [3.63, 3.8) is 0 Å². The summed E-state index contributed by atoms with van der Waals surface area (Å²) in [5, 5.41) is 3.17. The Bertz CT molecular complexity index is 305. The van der Waals surface area contributed by atoms with E-state index in [0.717, 1.165) is 19.6 Å². The number of hydrogen-bond acceptors (Lipinski definition) is 2. The van der Waals surface area contributed by atoms with E-state index in [9.17, 15) is 0 Å². The number of benzene rings is 1. The van der Waals surface area contributed by atoms with Gasteiger partial charge in [0.2, 0.25) is 0 Å². The van der Waals surface area contributed by atoms with Gasteiger partial charge in [0.1, 0.15) is 0 Å². The number of rotatable bonds is 7. The van der Waals surface area contributed by atoms with Gasteiger partial charge in [-0.3, -0.25) is 4.90 Å². The Morgan fingerprint density at radius 1 is 1.12 bits per heavy atom. The lowest BCUT2D eigenvalue weighted by Gasteiger charge is -2.27. The minimum atomic E-state index is 0.664. The van der Waals surface area contributed by atoms with Gasteiger partial charge in [-0.05, 0) is 38.1 Å². The molecule has 0 saturated heterocycles. The van der Waals surface area contributed by atoms with E-state index in [-0.39, 0.29) is 0 Å². The second kappa shape index (κ2) is 7.46. The second-order valence-corrected chi connectivity index (χ2v) is 4.67. The molecule has 96 valence electrons. The van der Waals surface area contributed by atoms with Crippen LogP contribution < -0.4 is 5.32 Å². The molecular formula is C15H26N2. The third-order valence-corrected chi connectivity index (χ3v) is 3.41. The Morgan fingerprint density at radius 3 is 2.18 bits per heavy atom. The smallest absolute Gasteiger partial charge is 0.0236 e. The first-order valence-electron chi connectivity index (χ1n) is 6.67. The van der Waals surface area contributed by atoms with Crippen LogP contribution in [-0.2, 0) is 13.1 Å². The lowest BCUT2D eigenvalue weighted by molar-refractivity contribution is 0.206. The molecule has 2 nitrogen and oxygen atoms in total. The maximum Gasteiger partial charge on any atom is 0.0236 e. The largest absolute Gasteiger partial charge is 0.316 e. The van der Waals surface area contributed by atoms with Crippen LogP contribution in [0.5, 0.6) is 0 Å². The average Bonchev–Trinajstić information content (AvgIpc) is 2.37. The summed E-state index contributed by atoms with van der Waals surface area (Å²) in [6.45, 7) is 9.92. The maximum absolute atomic E-state index is 3.17. The van der Waals surface area contributed by atoms with Crippen molar-refractivity contribution in [2.75, 3.05) is 13.6 Å². The van der Waals surface area contributed by atoms with Gasteiger partial charge >= 0.3 is 0 Å². The first-order valence-corrected chi connectivity index (χ1v) is 6.67. The van der Waals surface area contributed by atoms with Crippen LogP contribution in [0.2, 0.25) is 0 Å². The molecule has 0 heterocycles. The van der Waals surface area contributed by atoms with Crippen LogP contribution in [0.15, 0.2) is 24.3 Å². The molecule has 0 amide bonds. The summed E-state index contributed by atoms with van der Waals surface area (Å²) in [6, 6.07) is 9.60. The van der Waals surface area contributed by atoms with Gasteiger partial charge in [0.05, 0.1) is 0 Å². The molecule has 0 radical (unpaired) electrons. The number of nitrogens with one attached hydrogen (secondary N) is 1. The first-order chi connectivity index (χ1) is 8.21. The van der Waals surface area contributed by atoms with Crippen LogP contribution in [0.25, 0.3) is 0 Å². The van der Waals surface area contributed by atoms with Crippen molar-refractivity contribution in [2.45, 2.75) is 46.3 Å². The van der Waals surface area contributed by atoms with E-state index in [4.69, 9.17) is 0 Å². The quantitative estimate of drug-likeness (QED) is 0.780. The highest BCUT2D eigenvalue weighted by molar-refractivity contribution is 5.22. The van der Waals surface area contributed by atoms with Gasteiger partial charge in [-0.2, -0.15) is 0 Å². The Balaban J connectivity index is 2.60. The third kappa shape index (κ3) is 4.49. The summed E-state index contributed by atoms with van der Waals surface area (Å²) in [5.74, 6) is 0.